The first-order valence-electron chi connectivity index (χ1n) is 6.71. The van der Waals surface area contributed by atoms with E-state index >= 15 is 0 Å². The lowest BCUT2D eigenvalue weighted by Crippen LogP contribution is -2.46. The van der Waals surface area contributed by atoms with Crippen molar-refractivity contribution in [2.75, 3.05) is 52.2 Å². The lowest BCUT2D eigenvalue weighted by molar-refractivity contribution is -0.276. The van der Waals surface area contributed by atoms with Crippen LogP contribution in [0.2, 0.25) is 0 Å². The standard InChI is InChI=1S/C11H18F6N2O3S/c1-18(2-3-19-4-6-22-7-5-19)23(20,21)8-9(10(12,13)14)11(15,16)17/h9H,2-8H2,1H3. The van der Waals surface area contributed by atoms with E-state index in [1.54, 1.807) is 0 Å². The fraction of sp³-hybridized carbons (Fsp3) is 1.00. The minimum Gasteiger partial charge on any atom is -0.379 e. The summed E-state index contributed by atoms with van der Waals surface area (Å²) in [5.74, 6) is -5.94. The zero-order chi connectivity index (χ0) is 17.9. The topological polar surface area (TPSA) is 49.9 Å². The minimum atomic E-state index is -5.67. The normalized spacial score (nSPS) is 18.8. The quantitative estimate of drug-likeness (QED) is 0.660. The summed E-state index contributed by atoms with van der Waals surface area (Å²) in [5, 5.41) is 0. The summed E-state index contributed by atoms with van der Waals surface area (Å²) in [6.45, 7) is 1.97. The molecule has 5 nitrogen and oxygen atoms in total. The van der Waals surface area contributed by atoms with Crippen LogP contribution in [0, 0.1) is 5.92 Å². The first-order chi connectivity index (χ1) is 10.3. The molecule has 0 aliphatic carbocycles. The van der Waals surface area contributed by atoms with Gasteiger partial charge in [0, 0.05) is 33.2 Å². The highest BCUT2D eigenvalue weighted by Gasteiger charge is 2.58. The second-order valence-electron chi connectivity index (χ2n) is 5.19. The molecule has 23 heavy (non-hydrogen) atoms. The molecule has 1 aliphatic heterocycles. The third-order valence-electron chi connectivity index (χ3n) is 3.48. The van der Waals surface area contributed by atoms with Crippen molar-refractivity contribution in [1.29, 1.82) is 0 Å². The van der Waals surface area contributed by atoms with E-state index in [-0.39, 0.29) is 13.1 Å². The number of likely N-dealkylation sites (N-methyl/N-ethyl adjacent to an activating group) is 1. The molecule has 1 heterocycles. The van der Waals surface area contributed by atoms with E-state index in [1.807, 2.05) is 4.90 Å². The number of rotatable bonds is 6. The number of morpholine rings is 1. The van der Waals surface area contributed by atoms with Crippen LogP contribution in [-0.2, 0) is 14.8 Å². The molecule has 138 valence electrons. The molecule has 0 bridgehead atoms. The maximum Gasteiger partial charge on any atom is 0.401 e. The fourth-order valence-corrected chi connectivity index (χ4v) is 3.37. The number of sulfonamides is 1. The maximum atomic E-state index is 12.5. The van der Waals surface area contributed by atoms with E-state index in [9.17, 15) is 34.8 Å². The fourth-order valence-electron chi connectivity index (χ4n) is 1.96. The highest BCUT2D eigenvalue weighted by atomic mass is 32.2. The summed E-state index contributed by atoms with van der Waals surface area (Å²) >= 11 is 0. The van der Waals surface area contributed by atoms with Crippen LogP contribution in [0.3, 0.4) is 0 Å². The van der Waals surface area contributed by atoms with E-state index in [1.165, 1.54) is 0 Å². The molecule has 0 amide bonds. The van der Waals surface area contributed by atoms with Gasteiger partial charge in [0.15, 0.2) is 5.92 Å². The van der Waals surface area contributed by atoms with Gasteiger partial charge in [0.1, 0.15) is 0 Å². The lowest BCUT2D eigenvalue weighted by atomic mass is 10.1. The third-order valence-corrected chi connectivity index (χ3v) is 5.36. The number of hydrogen-bond acceptors (Lipinski definition) is 4. The molecule has 0 aromatic heterocycles. The molecular weight excluding hydrogens is 354 g/mol. The average Bonchev–Trinajstić information content (AvgIpc) is 2.41. The molecule has 0 spiro atoms. The Morgan fingerprint density at radius 3 is 2.00 bits per heavy atom. The molecule has 12 heteroatoms. The van der Waals surface area contributed by atoms with Gasteiger partial charge in [0.05, 0.1) is 19.0 Å². The highest BCUT2D eigenvalue weighted by Crippen LogP contribution is 2.40. The predicted molar refractivity (Wildman–Crippen MR) is 69.3 cm³/mol. The van der Waals surface area contributed by atoms with Crippen molar-refractivity contribution >= 4 is 10.0 Å². The van der Waals surface area contributed by atoms with Gasteiger partial charge in [-0.25, -0.2) is 12.7 Å². The van der Waals surface area contributed by atoms with Crippen molar-refractivity contribution in [1.82, 2.24) is 9.21 Å². The summed E-state index contributed by atoms with van der Waals surface area (Å²) < 4.78 is 104. The molecule has 1 saturated heterocycles. The maximum absolute atomic E-state index is 12.5. The van der Waals surface area contributed by atoms with Crippen molar-refractivity contribution in [3.63, 3.8) is 0 Å². The number of hydrogen-bond donors (Lipinski definition) is 0. The Hall–Kier alpha value is -0.590. The van der Waals surface area contributed by atoms with Gasteiger partial charge in [-0.3, -0.25) is 4.90 Å². The molecule has 0 aromatic carbocycles. The third kappa shape index (κ3) is 6.43. The molecule has 0 atom stereocenters. The largest absolute Gasteiger partial charge is 0.401 e. The highest BCUT2D eigenvalue weighted by molar-refractivity contribution is 7.89. The zero-order valence-corrected chi connectivity index (χ0v) is 13.1. The Kier molecular flexibility index (Phi) is 6.70. The van der Waals surface area contributed by atoms with Crippen molar-refractivity contribution in [3.05, 3.63) is 0 Å². The second kappa shape index (κ2) is 7.53. The van der Waals surface area contributed by atoms with Gasteiger partial charge >= 0.3 is 12.4 Å². The average molecular weight is 372 g/mol. The first-order valence-corrected chi connectivity index (χ1v) is 8.32. The van der Waals surface area contributed by atoms with Crippen molar-refractivity contribution in [3.8, 4) is 0 Å². The second-order valence-corrected chi connectivity index (χ2v) is 7.31. The lowest BCUT2D eigenvalue weighted by Gasteiger charge is -2.29. The van der Waals surface area contributed by atoms with Crippen LogP contribution in [-0.4, -0.2) is 82.2 Å². The summed E-state index contributed by atoms with van der Waals surface area (Å²) in [4.78, 5) is 1.82. The van der Waals surface area contributed by atoms with E-state index in [2.05, 4.69) is 0 Å². The van der Waals surface area contributed by atoms with Crippen molar-refractivity contribution in [2.24, 2.45) is 5.92 Å². The Bertz CT molecular complexity index is 459. The van der Waals surface area contributed by atoms with Crippen LogP contribution in [0.4, 0.5) is 26.3 Å². The Balaban J connectivity index is 2.68. The van der Waals surface area contributed by atoms with Gasteiger partial charge in [0.2, 0.25) is 10.0 Å². The molecule has 0 unspecified atom stereocenters. The van der Waals surface area contributed by atoms with E-state index < -0.39 is 34.0 Å². The van der Waals surface area contributed by atoms with Gasteiger partial charge < -0.3 is 4.74 Å². The molecule has 1 fully saturated rings. The number of halogens is 6. The molecule has 0 saturated carbocycles. The summed E-state index contributed by atoms with van der Waals surface area (Å²) in [7, 11) is -3.72. The first kappa shape index (κ1) is 20.5. The summed E-state index contributed by atoms with van der Waals surface area (Å²) in [6, 6.07) is 0. The minimum absolute atomic E-state index is 0.190. The number of nitrogens with zero attached hydrogens (tertiary/aromatic N) is 2. The van der Waals surface area contributed by atoms with E-state index in [0.717, 1.165) is 7.05 Å². The van der Waals surface area contributed by atoms with Crippen LogP contribution in [0.5, 0.6) is 0 Å². The summed E-state index contributed by atoms with van der Waals surface area (Å²) in [5.41, 5.74) is 0. The van der Waals surface area contributed by atoms with Gasteiger partial charge in [-0.1, -0.05) is 0 Å². The van der Waals surface area contributed by atoms with Gasteiger partial charge in [-0.15, -0.1) is 0 Å². The SMILES string of the molecule is CN(CCN1CCOCC1)S(=O)(=O)CC(C(F)(F)F)C(F)(F)F. The molecule has 1 aliphatic rings. The van der Waals surface area contributed by atoms with Crippen LogP contribution in [0.15, 0.2) is 0 Å². The molecule has 0 N–H and O–H groups in total. The number of ether oxygens (including phenoxy) is 1. The zero-order valence-electron chi connectivity index (χ0n) is 12.3. The molecule has 0 aromatic rings. The Morgan fingerprint density at radius 1 is 1.09 bits per heavy atom. The van der Waals surface area contributed by atoms with Crippen molar-refractivity contribution in [2.45, 2.75) is 12.4 Å². The smallest absolute Gasteiger partial charge is 0.379 e. The monoisotopic (exact) mass is 372 g/mol. The van der Waals surface area contributed by atoms with E-state index in [4.69, 9.17) is 4.74 Å². The van der Waals surface area contributed by atoms with Crippen LogP contribution < -0.4 is 0 Å². The van der Waals surface area contributed by atoms with Gasteiger partial charge in [-0.2, -0.15) is 26.3 Å². The van der Waals surface area contributed by atoms with E-state index in [0.29, 0.717) is 30.6 Å². The van der Waals surface area contributed by atoms with Crippen molar-refractivity contribution < 1.29 is 39.5 Å². The molecule has 0 radical (unpaired) electrons. The Labute approximate surface area is 130 Å². The van der Waals surface area contributed by atoms with Crippen LogP contribution in [0.25, 0.3) is 0 Å². The molecular formula is C11H18F6N2O3S. The van der Waals surface area contributed by atoms with Gasteiger partial charge in [-0.05, 0) is 0 Å². The van der Waals surface area contributed by atoms with Gasteiger partial charge in [0.25, 0.3) is 0 Å². The van der Waals surface area contributed by atoms with Crippen LogP contribution in [0.1, 0.15) is 0 Å². The summed E-state index contributed by atoms with van der Waals surface area (Å²) in [6.07, 6.45) is -11.3. The predicted octanol–water partition coefficient (Wildman–Crippen LogP) is 1.32. The number of alkyl halides is 6. The Morgan fingerprint density at radius 2 is 1.57 bits per heavy atom. The molecule has 1 rings (SSSR count). The van der Waals surface area contributed by atoms with Crippen LogP contribution >= 0.6 is 0 Å².